The molecule has 0 aliphatic rings. The molecule has 0 radical (unpaired) electrons. The number of carbonyl (C=O) groups is 2. The smallest absolute Gasteiger partial charge is 0.339 e. The first kappa shape index (κ1) is 15.8. The van der Waals surface area contributed by atoms with E-state index in [9.17, 15) is 9.59 Å². The SMILES string of the molecule is COc1ccc(C(=O)OCC(=O)NC(C)C)c2ccccc12. The Morgan fingerprint density at radius 2 is 1.77 bits per heavy atom. The average molecular weight is 301 g/mol. The van der Waals surface area contributed by atoms with Crippen LogP contribution in [0.3, 0.4) is 0 Å². The van der Waals surface area contributed by atoms with Crippen molar-refractivity contribution in [2.75, 3.05) is 13.7 Å². The summed E-state index contributed by atoms with van der Waals surface area (Å²) in [6.45, 7) is 3.39. The topological polar surface area (TPSA) is 64.6 Å². The molecule has 1 amide bonds. The van der Waals surface area contributed by atoms with Gasteiger partial charge in [0.25, 0.3) is 5.91 Å². The third kappa shape index (κ3) is 3.55. The molecule has 2 rings (SSSR count). The van der Waals surface area contributed by atoms with Crippen LogP contribution in [0.5, 0.6) is 5.75 Å². The number of hydrogen-bond acceptors (Lipinski definition) is 4. The second-order valence-corrected chi connectivity index (χ2v) is 5.16. The fourth-order valence-corrected chi connectivity index (χ4v) is 2.20. The Hall–Kier alpha value is -2.56. The third-order valence-corrected chi connectivity index (χ3v) is 3.11. The molecule has 1 N–H and O–H groups in total. The standard InChI is InChI=1S/C17H19NO4/c1-11(2)18-16(19)10-22-17(20)14-8-9-15(21-3)13-7-5-4-6-12(13)14/h4-9,11H,10H2,1-3H3,(H,18,19). The maximum Gasteiger partial charge on any atom is 0.339 e. The molecule has 5 heteroatoms. The summed E-state index contributed by atoms with van der Waals surface area (Å²) in [6.07, 6.45) is 0. The second-order valence-electron chi connectivity index (χ2n) is 5.16. The van der Waals surface area contributed by atoms with Crippen LogP contribution < -0.4 is 10.1 Å². The van der Waals surface area contributed by atoms with Crippen LogP contribution in [0, 0.1) is 0 Å². The van der Waals surface area contributed by atoms with Crippen LogP contribution in [0.2, 0.25) is 0 Å². The third-order valence-electron chi connectivity index (χ3n) is 3.11. The molecule has 5 nitrogen and oxygen atoms in total. The van der Waals surface area contributed by atoms with Gasteiger partial charge in [0.1, 0.15) is 5.75 Å². The van der Waals surface area contributed by atoms with Gasteiger partial charge in [0.2, 0.25) is 0 Å². The molecule has 0 aromatic heterocycles. The van der Waals surface area contributed by atoms with Crippen LogP contribution in [0.1, 0.15) is 24.2 Å². The van der Waals surface area contributed by atoms with Crippen LogP contribution in [0.4, 0.5) is 0 Å². The van der Waals surface area contributed by atoms with Crippen LogP contribution >= 0.6 is 0 Å². The fraction of sp³-hybridized carbons (Fsp3) is 0.294. The highest BCUT2D eigenvalue weighted by Crippen LogP contribution is 2.28. The summed E-state index contributed by atoms with van der Waals surface area (Å²) in [7, 11) is 1.58. The van der Waals surface area contributed by atoms with E-state index in [-0.39, 0.29) is 18.6 Å². The van der Waals surface area contributed by atoms with E-state index < -0.39 is 5.97 Å². The van der Waals surface area contributed by atoms with Gasteiger partial charge in [0.05, 0.1) is 12.7 Å². The number of rotatable bonds is 5. The highest BCUT2D eigenvalue weighted by atomic mass is 16.5. The Labute approximate surface area is 129 Å². The predicted molar refractivity (Wildman–Crippen MR) is 84.1 cm³/mol. The van der Waals surface area contributed by atoms with Crippen LogP contribution in [-0.2, 0) is 9.53 Å². The van der Waals surface area contributed by atoms with Crippen molar-refractivity contribution in [1.82, 2.24) is 5.32 Å². The number of carbonyl (C=O) groups excluding carboxylic acids is 2. The summed E-state index contributed by atoms with van der Waals surface area (Å²) in [5, 5.41) is 4.23. The van der Waals surface area contributed by atoms with Crippen molar-refractivity contribution >= 4 is 22.6 Å². The zero-order valence-corrected chi connectivity index (χ0v) is 12.9. The summed E-state index contributed by atoms with van der Waals surface area (Å²) in [4.78, 5) is 23.8. The summed E-state index contributed by atoms with van der Waals surface area (Å²) in [6, 6.07) is 10.8. The Balaban J connectivity index is 2.20. The van der Waals surface area contributed by atoms with Gasteiger partial charge in [-0.05, 0) is 31.4 Å². The minimum absolute atomic E-state index is 0.00742. The zero-order chi connectivity index (χ0) is 16.1. The summed E-state index contributed by atoms with van der Waals surface area (Å²) < 4.78 is 10.4. The lowest BCUT2D eigenvalue weighted by molar-refractivity contribution is -0.124. The number of ether oxygens (including phenoxy) is 2. The van der Waals surface area contributed by atoms with Crippen molar-refractivity contribution < 1.29 is 19.1 Å². The number of amides is 1. The fourth-order valence-electron chi connectivity index (χ4n) is 2.20. The van der Waals surface area contributed by atoms with E-state index in [4.69, 9.17) is 9.47 Å². The summed E-state index contributed by atoms with van der Waals surface area (Å²) in [5.74, 6) is -0.163. The molecule has 0 atom stereocenters. The lowest BCUT2D eigenvalue weighted by Crippen LogP contribution is -2.34. The minimum Gasteiger partial charge on any atom is -0.496 e. The van der Waals surface area contributed by atoms with Crippen LogP contribution in [0.15, 0.2) is 36.4 Å². The second kappa shape index (κ2) is 6.93. The first-order valence-electron chi connectivity index (χ1n) is 7.05. The Morgan fingerprint density at radius 3 is 2.41 bits per heavy atom. The van der Waals surface area contributed by atoms with E-state index in [1.165, 1.54) is 0 Å². The molecule has 116 valence electrons. The van der Waals surface area contributed by atoms with Crippen molar-refractivity contribution in [3.05, 3.63) is 42.0 Å². The van der Waals surface area contributed by atoms with Gasteiger partial charge in [-0.25, -0.2) is 4.79 Å². The molecule has 0 bridgehead atoms. The molecule has 0 spiro atoms. The van der Waals surface area contributed by atoms with E-state index >= 15 is 0 Å². The number of esters is 1. The Morgan fingerprint density at radius 1 is 1.09 bits per heavy atom. The molecule has 0 saturated carbocycles. The number of methoxy groups -OCH3 is 1. The van der Waals surface area contributed by atoms with Gasteiger partial charge >= 0.3 is 5.97 Å². The van der Waals surface area contributed by atoms with E-state index in [1.807, 2.05) is 38.1 Å². The molecule has 0 unspecified atom stereocenters. The summed E-state index contributed by atoms with van der Waals surface area (Å²) in [5.41, 5.74) is 0.411. The first-order chi connectivity index (χ1) is 10.5. The average Bonchev–Trinajstić information content (AvgIpc) is 2.51. The molecule has 0 heterocycles. The lowest BCUT2D eigenvalue weighted by atomic mass is 10.0. The lowest BCUT2D eigenvalue weighted by Gasteiger charge is -2.11. The van der Waals surface area contributed by atoms with Gasteiger partial charge in [0, 0.05) is 11.4 Å². The van der Waals surface area contributed by atoms with Crippen molar-refractivity contribution in [1.29, 1.82) is 0 Å². The molecule has 0 aliphatic carbocycles. The molecule has 0 fully saturated rings. The molecular formula is C17H19NO4. The minimum atomic E-state index is -0.530. The van der Waals surface area contributed by atoms with Crippen molar-refractivity contribution in [2.45, 2.75) is 19.9 Å². The van der Waals surface area contributed by atoms with E-state index in [1.54, 1.807) is 19.2 Å². The maximum absolute atomic E-state index is 12.2. The van der Waals surface area contributed by atoms with Crippen LogP contribution in [0.25, 0.3) is 10.8 Å². The Bertz CT molecular complexity index is 694. The maximum atomic E-state index is 12.2. The van der Waals surface area contributed by atoms with Gasteiger partial charge in [0.15, 0.2) is 6.61 Å². The molecule has 2 aromatic carbocycles. The number of benzene rings is 2. The largest absolute Gasteiger partial charge is 0.496 e. The Kier molecular flexibility index (Phi) is 4.99. The van der Waals surface area contributed by atoms with Gasteiger partial charge in [-0.15, -0.1) is 0 Å². The highest BCUT2D eigenvalue weighted by Gasteiger charge is 2.15. The van der Waals surface area contributed by atoms with E-state index in [2.05, 4.69) is 5.32 Å². The predicted octanol–water partition coefficient (Wildman–Crippen LogP) is 2.53. The van der Waals surface area contributed by atoms with Crippen LogP contribution in [-0.4, -0.2) is 31.6 Å². The normalized spacial score (nSPS) is 10.5. The summed E-state index contributed by atoms with van der Waals surface area (Å²) >= 11 is 0. The number of hydrogen-bond donors (Lipinski definition) is 1. The molecular weight excluding hydrogens is 282 g/mol. The van der Waals surface area contributed by atoms with Crippen molar-refractivity contribution in [3.8, 4) is 5.75 Å². The van der Waals surface area contributed by atoms with Gasteiger partial charge < -0.3 is 14.8 Å². The van der Waals surface area contributed by atoms with Gasteiger partial charge in [-0.3, -0.25) is 4.79 Å². The molecule has 0 aliphatic heterocycles. The quantitative estimate of drug-likeness (QED) is 0.862. The van der Waals surface area contributed by atoms with Gasteiger partial charge in [-0.2, -0.15) is 0 Å². The van der Waals surface area contributed by atoms with E-state index in [0.29, 0.717) is 11.3 Å². The zero-order valence-electron chi connectivity index (χ0n) is 12.9. The van der Waals surface area contributed by atoms with Crippen molar-refractivity contribution in [3.63, 3.8) is 0 Å². The number of nitrogens with one attached hydrogen (secondary N) is 1. The highest BCUT2D eigenvalue weighted by molar-refractivity contribution is 6.06. The van der Waals surface area contributed by atoms with E-state index in [0.717, 1.165) is 10.8 Å². The number of fused-ring (bicyclic) bond motifs is 1. The van der Waals surface area contributed by atoms with Crippen molar-refractivity contribution in [2.24, 2.45) is 0 Å². The van der Waals surface area contributed by atoms with Gasteiger partial charge in [-0.1, -0.05) is 24.3 Å². The first-order valence-corrected chi connectivity index (χ1v) is 7.05. The molecule has 22 heavy (non-hydrogen) atoms. The monoisotopic (exact) mass is 301 g/mol. The molecule has 0 saturated heterocycles. The molecule has 2 aromatic rings.